The number of nitrogens with zero attached hydrogens (tertiary/aromatic N) is 1. The van der Waals surface area contributed by atoms with Crippen molar-refractivity contribution in [2.75, 3.05) is 17.7 Å². The second-order valence-corrected chi connectivity index (χ2v) is 10.7. The second-order valence-electron chi connectivity index (χ2n) is 8.98. The Morgan fingerprint density at radius 1 is 1.03 bits per heavy atom. The number of nitrogens with one attached hydrogen (secondary N) is 2. The largest absolute Gasteiger partial charge is 0.508 e. The molecule has 0 aliphatic carbocycles. The first kappa shape index (κ1) is 27.5. The predicted octanol–water partition coefficient (Wildman–Crippen LogP) is 4.37. The molecular weight excluding hydrogens is 520 g/mol. The Morgan fingerprint density at radius 2 is 1.77 bits per heavy atom. The van der Waals surface area contributed by atoms with Crippen molar-refractivity contribution >= 4 is 38.2 Å². The predicted molar refractivity (Wildman–Crippen MR) is 149 cm³/mol. The average molecular weight is 551 g/mol. The Bertz CT molecular complexity index is 1590. The minimum Gasteiger partial charge on any atom is -0.508 e. The number of amides is 1. The Labute approximate surface area is 226 Å². The molecule has 1 unspecified atom stereocenters. The molecule has 0 bridgehead atoms. The van der Waals surface area contributed by atoms with Crippen LogP contribution in [0.3, 0.4) is 0 Å². The molecule has 11 heteroatoms. The lowest BCUT2D eigenvalue weighted by Gasteiger charge is -2.22. The first-order valence-corrected chi connectivity index (χ1v) is 13.8. The fourth-order valence-electron chi connectivity index (χ4n) is 3.96. The van der Waals surface area contributed by atoms with Crippen LogP contribution < -0.4 is 25.2 Å². The number of rotatable bonds is 10. The highest BCUT2D eigenvalue weighted by Crippen LogP contribution is 2.33. The van der Waals surface area contributed by atoms with Crippen molar-refractivity contribution in [1.29, 1.82) is 0 Å². The molecule has 0 saturated heterocycles. The van der Waals surface area contributed by atoms with Gasteiger partial charge in [-0.05, 0) is 92.4 Å². The molecule has 204 valence electrons. The standard InChI is InChI=1S/C28H30N4O6S/c1-4-37-25-16-19(5-12-24(25)38-17(2)3)26(28(34)32-39(35,36)22-9-7-21(33)8-10-22)31-20-6-11-23-18(15-20)13-14-30-27(23)29/h5-17,26,31,33H,4H2,1-3H3,(H2,29,30)(H,32,34). The summed E-state index contributed by atoms with van der Waals surface area (Å²) in [6.45, 7) is 5.96. The number of nitrogens with two attached hydrogens (primary N) is 1. The number of aromatic hydroxyl groups is 1. The zero-order valence-corrected chi connectivity index (χ0v) is 22.5. The summed E-state index contributed by atoms with van der Waals surface area (Å²) < 4.78 is 39.7. The topological polar surface area (TPSA) is 153 Å². The van der Waals surface area contributed by atoms with Crippen LogP contribution in [0.25, 0.3) is 10.8 Å². The molecule has 0 spiro atoms. The number of nitrogen functional groups attached to an aromatic ring is 1. The number of hydrogen-bond acceptors (Lipinski definition) is 9. The number of benzene rings is 3. The van der Waals surface area contributed by atoms with E-state index in [1.807, 2.05) is 20.8 Å². The Balaban J connectivity index is 1.74. The zero-order chi connectivity index (χ0) is 28.2. The van der Waals surface area contributed by atoms with Crippen LogP contribution in [0, 0.1) is 0 Å². The van der Waals surface area contributed by atoms with E-state index >= 15 is 0 Å². The van der Waals surface area contributed by atoms with Gasteiger partial charge in [-0.25, -0.2) is 18.1 Å². The molecule has 0 aliphatic rings. The third-order valence-electron chi connectivity index (χ3n) is 5.71. The normalized spacial score (nSPS) is 12.2. The molecule has 10 nitrogen and oxygen atoms in total. The number of ether oxygens (including phenoxy) is 2. The van der Waals surface area contributed by atoms with E-state index in [0.717, 1.165) is 10.8 Å². The maximum absolute atomic E-state index is 13.5. The fraction of sp³-hybridized carbons (Fsp3) is 0.214. The fourth-order valence-corrected chi connectivity index (χ4v) is 4.95. The highest BCUT2D eigenvalue weighted by atomic mass is 32.2. The van der Waals surface area contributed by atoms with Crippen molar-refractivity contribution in [2.24, 2.45) is 0 Å². The lowest BCUT2D eigenvalue weighted by Crippen LogP contribution is -2.37. The quantitative estimate of drug-likeness (QED) is 0.225. The van der Waals surface area contributed by atoms with Gasteiger partial charge in [0.15, 0.2) is 11.5 Å². The summed E-state index contributed by atoms with van der Waals surface area (Å²) >= 11 is 0. The minimum atomic E-state index is -4.24. The number of anilines is 2. The summed E-state index contributed by atoms with van der Waals surface area (Å²) in [5, 5.41) is 14.2. The number of phenols is 1. The van der Waals surface area contributed by atoms with E-state index in [2.05, 4.69) is 15.0 Å². The SMILES string of the molecule is CCOc1cc(C(Nc2ccc3c(N)nccc3c2)C(=O)NS(=O)(=O)c2ccc(O)cc2)ccc1OC(C)C. The molecule has 4 aromatic rings. The van der Waals surface area contributed by atoms with Crippen molar-refractivity contribution in [1.82, 2.24) is 9.71 Å². The van der Waals surface area contributed by atoms with Crippen LogP contribution >= 0.6 is 0 Å². The van der Waals surface area contributed by atoms with Gasteiger partial charge in [0.05, 0.1) is 17.6 Å². The summed E-state index contributed by atoms with van der Waals surface area (Å²) in [6, 6.07) is 15.8. The van der Waals surface area contributed by atoms with E-state index in [4.69, 9.17) is 15.2 Å². The molecule has 1 amide bonds. The third-order valence-corrected chi connectivity index (χ3v) is 7.08. The van der Waals surface area contributed by atoms with Crippen LogP contribution in [-0.4, -0.2) is 37.1 Å². The van der Waals surface area contributed by atoms with Gasteiger partial charge in [0.1, 0.15) is 17.6 Å². The molecule has 0 aliphatic heterocycles. The van der Waals surface area contributed by atoms with Gasteiger partial charge in [-0.1, -0.05) is 6.07 Å². The van der Waals surface area contributed by atoms with Gasteiger partial charge in [0, 0.05) is 17.3 Å². The minimum absolute atomic E-state index is 0.0980. The molecule has 39 heavy (non-hydrogen) atoms. The van der Waals surface area contributed by atoms with Crippen molar-refractivity contribution in [2.45, 2.75) is 37.8 Å². The van der Waals surface area contributed by atoms with Crippen LogP contribution in [0.15, 0.2) is 77.8 Å². The number of hydrogen-bond donors (Lipinski definition) is 4. The zero-order valence-electron chi connectivity index (χ0n) is 21.7. The monoisotopic (exact) mass is 550 g/mol. The first-order valence-electron chi connectivity index (χ1n) is 12.3. The number of carbonyl (C=O) groups is 1. The van der Waals surface area contributed by atoms with Crippen LogP contribution in [0.1, 0.15) is 32.4 Å². The van der Waals surface area contributed by atoms with E-state index in [-0.39, 0.29) is 16.7 Å². The summed E-state index contributed by atoms with van der Waals surface area (Å²) in [6.07, 6.45) is 1.47. The van der Waals surface area contributed by atoms with Crippen LogP contribution in [0.5, 0.6) is 17.2 Å². The third kappa shape index (κ3) is 6.50. The molecule has 5 N–H and O–H groups in total. The molecule has 0 fully saturated rings. The molecule has 0 saturated carbocycles. The molecule has 1 atom stereocenters. The van der Waals surface area contributed by atoms with E-state index in [9.17, 15) is 18.3 Å². The van der Waals surface area contributed by atoms with Gasteiger partial charge >= 0.3 is 0 Å². The number of fused-ring (bicyclic) bond motifs is 1. The van der Waals surface area contributed by atoms with Crippen molar-refractivity contribution in [3.63, 3.8) is 0 Å². The maximum Gasteiger partial charge on any atom is 0.264 e. The molecule has 1 aromatic heterocycles. The summed E-state index contributed by atoms with van der Waals surface area (Å²) in [5.41, 5.74) is 6.97. The molecular formula is C28H30N4O6S. The number of sulfonamides is 1. The van der Waals surface area contributed by atoms with Gasteiger partial charge in [0.2, 0.25) is 0 Å². The summed E-state index contributed by atoms with van der Waals surface area (Å²) in [7, 11) is -4.24. The lowest BCUT2D eigenvalue weighted by atomic mass is 10.0. The number of phenolic OH excluding ortho intramolecular Hbond substituents is 1. The van der Waals surface area contributed by atoms with E-state index in [1.165, 1.54) is 24.3 Å². The molecule has 0 radical (unpaired) electrons. The van der Waals surface area contributed by atoms with Crippen molar-refractivity contribution in [3.05, 3.63) is 78.5 Å². The van der Waals surface area contributed by atoms with E-state index in [0.29, 0.717) is 35.2 Å². The number of aromatic nitrogens is 1. The van der Waals surface area contributed by atoms with Gasteiger partial charge in [-0.15, -0.1) is 0 Å². The number of carbonyl (C=O) groups excluding carboxylic acids is 1. The van der Waals surface area contributed by atoms with Gasteiger partial charge in [0.25, 0.3) is 15.9 Å². The average Bonchev–Trinajstić information content (AvgIpc) is 2.88. The highest BCUT2D eigenvalue weighted by Gasteiger charge is 2.27. The van der Waals surface area contributed by atoms with Gasteiger partial charge in [-0.2, -0.15) is 0 Å². The smallest absolute Gasteiger partial charge is 0.264 e. The number of pyridine rings is 1. The molecule has 3 aromatic carbocycles. The Kier molecular flexibility index (Phi) is 8.10. The van der Waals surface area contributed by atoms with E-state index < -0.39 is 22.0 Å². The second kappa shape index (κ2) is 11.5. The lowest BCUT2D eigenvalue weighted by molar-refractivity contribution is -0.120. The van der Waals surface area contributed by atoms with Crippen LogP contribution in [-0.2, 0) is 14.8 Å². The Hall–Kier alpha value is -4.51. The van der Waals surface area contributed by atoms with Gasteiger partial charge < -0.3 is 25.6 Å². The van der Waals surface area contributed by atoms with Crippen LogP contribution in [0.2, 0.25) is 0 Å². The molecule has 4 rings (SSSR count). The Morgan fingerprint density at radius 3 is 2.46 bits per heavy atom. The van der Waals surface area contributed by atoms with Crippen LogP contribution in [0.4, 0.5) is 11.5 Å². The van der Waals surface area contributed by atoms with Crippen molar-refractivity contribution < 1.29 is 27.8 Å². The van der Waals surface area contributed by atoms with Gasteiger partial charge in [-0.3, -0.25) is 4.79 Å². The summed E-state index contributed by atoms with van der Waals surface area (Å²) in [4.78, 5) is 17.5. The highest BCUT2D eigenvalue weighted by molar-refractivity contribution is 7.90. The maximum atomic E-state index is 13.5. The first-order chi connectivity index (χ1) is 18.6. The molecule has 1 heterocycles. The summed E-state index contributed by atoms with van der Waals surface area (Å²) in [5.74, 6) is 0.370. The van der Waals surface area contributed by atoms with Crippen molar-refractivity contribution in [3.8, 4) is 17.2 Å². The van der Waals surface area contributed by atoms with E-state index in [1.54, 1.807) is 48.7 Å².